The molecule has 0 aliphatic rings. The fourth-order valence-electron chi connectivity index (χ4n) is 3.44. The second kappa shape index (κ2) is 8.38. The zero-order valence-electron chi connectivity index (χ0n) is 18.0. The summed E-state index contributed by atoms with van der Waals surface area (Å²) in [7, 11) is 0.439. The van der Waals surface area contributed by atoms with Gasteiger partial charge in [0.05, 0.1) is 12.8 Å². The third kappa shape index (κ3) is 3.88. The minimum absolute atomic E-state index is 0.0769. The van der Waals surface area contributed by atoms with Crippen LogP contribution in [0.1, 0.15) is 16.1 Å². The van der Waals surface area contributed by atoms with Gasteiger partial charge in [0.15, 0.2) is 5.13 Å². The van der Waals surface area contributed by atoms with Crippen LogP contribution in [0.25, 0.3) is 22.2 Å². The molecule has 0 aliphatic carbocycles. The number of rotatable bonds is 6. The van der Waals surface area contributed by atoms with E-state index in [1.165, 1.54) is 50.7 Å². The van der Waals surface area contributed by atoms with Crippen molar-refractivity contribution in [3.63, 3.8) is 0 Å². The maximum atomic E-state index is 12.8. The molecule has 8 nitrogen and oxygen atoms in total. The highest BCUT2D eigenvalue weighted by Crippen LogP contribution is 2.34. The van der Waals surface area contributed by atoms with Gasteiger partial charge in [0.2, 0.25) is 10.0 Å². The number of sulfonamides is 1. The summed E-state index contributed by atoms with van der Waals surface area (Å²) in [6, 6.07) is 12.3. The van der Waals surface area contributed by atoms with Crippen LogP contribution in [0.3, 0.4) is 0 Å². The number of hydrogen-bond donors (Lipinski definition) is 2. The fourth-order valence-corrected chi connectivity index (χ4v) is 5.21. The van der Waals surface area contributed by atoms with Gasteiger partial charge < -0.3 is 9.72 Å². The summed E-state index contributed by atoms with van der Waals surface area (Å²) in [5, 5.41) is 6.12. The summed E-state index contributed by atoms with van der Waals surface area (Å²) in [6.07, 6.45) is 0. The van der Waals surface area contributed by atoms with Gasteiger partial charge in [0.1, 0.15) is 10.6 Å². The number of para-hydroxylation sites is 1. The van der Waals surface area contributed by atoms with Crippen molar-refractivity contribution in [2.45, 2.75) is 11.8 Å². The van der Waals surface area contributed by atoms with Gasteiger partial charge in [-0.3, -0.25) is 10.1 Å². The second-order valence-corrected chi connectivity index (χ2v) is 10.3. The molecule has 2 aromatic carbocycles. The Bertz CT molecular complexity index is 1420. The number of aromatic amines is 1. The number of carbonyl (C=O) groups is 1. The fraction of sp³-hybridized carbons (Fsp3) is 0.182. The lowest BCUT2D eigenvalue weighted by molar-refractivity contribution is 0.102. The van der Waals surface area contributed by atoms with Gasteiger partial charge in [-0.1, -0.05) is 18.2 Å². The third-order valence-electron chi connectivity index (χ3n) is 5.06. The lowest BCUT2D eigenvalue weighted by Gasteiger charge is -2.15. The molecule has 2 N–H and O–H groups in total. The van der Waals surface area contributed by atoms with Gasteiger partial charge in [-0.15, -0.1) is 11.3 Å². The van der Waals surface area contributed by atoms with Crippen molar-refractivity contribution in [2.75, 3.05) is 26.5 Å². The molecule has 0 atom stereocenters. The largest absolute Gasteiger partial charge is 0.495 e. The molecule has 10 heteroatoms. The molecule has 0 bridgehead atoms. The van der Waals surface area contributed by atoms with Crippen LogP contribution in [0.15, 0.2) is 52.7 Å². The van der Waals surface area contributed by atoms with E-state index in [9.17, 15) is 13.2 Å². The van der Waals surface area contributed by atoms with Crippen molar-refractivity contribution >= 4 is 43.3 Å². The van der Waals surface area contributed by atoms with Gasteiger partial charge in [-0.2, -0.15) is 0 Å². The molecule has 0 saturated heterocycles. The summed E-state index contributed by atoms with van der Waals surface area (Å²) in [5.74, 6) is -0.291. The summed E-state index contributed by atoms with van der Waals surface area (Å²) in [4.78, 5) is 20.7. The molecule has 1 amide bonds. The van der Waals surface area contributed by atoms with Crippen LogP contribution in [0.2, 0.25) is 0 Å². The number of aryl methyl sites for hydroxylation is 1. The Morgan fingerprint density at radius 1 is 1.19 bits per heavy atom. The normalized spacial score (nSPS) is 11.8. The number of benzene rings is 2. The maximum absolute atomic E-state index is 12.8. The summed E-state index contributed by atoms with van der Waals surface area (Å²) in [5.41, 5.74) is 3.94. The zero-order chi connectivity index (χ0) is 23.0. The molecule has 4 aromatic rings. The first-order valence-electron chi connectivity index (χ1n) is 9.67. The third-order valence-corrected chi connectivity index (χ3v) is 7.65. The summed E-state index contributed by atoms with van der Waals surface area (Å²) in [6.45, 7) is 1.98. The molecule has 0 aliphatic heterocycles. The van der Waals surface area contributed by atoms with Crippen molar-refractivity contribution in [2.24, 2.45) is 0 Å². The van der Waals surface area contributed by atoms with Crippen molar-refractivity contribution < 1.29 is 17.9 Å². The van der Waals surface area contributed by atoms with E-state index in [1.807, 2.05) is 36.6 Å². The lowest BCUT2D eigenvalue weighted by atomic mass is 10.1. The van der Waals surface area contributed by atoms with Crippen LogP contribution in [0, 0.1) is 6.92 Å². The maximum Gasteiger partial charge on any atom is 0.257 e. The van der Waals surface area contributed by atoms with Crippen molar-refractivity contribution in [1.29, 1.82) is 0 Å². The SMILES string of the molecule is COc1ccc(C(=O)Nc2nc(-c3c(C)[nH]c4ccccc34)cs2)cc1S(=O)(=O)N(C)C. The molecule has 4 rings (SSSR count). The number of nitrogens with one attached hydrogen (secondary N) is 2. The van der Waals surface area contributed by atoms with Gasteiger partial charge in [0.25, 0.3) is 5.91 Å². The van der Waals surface area contributed by atoms with Crippen LogP contribution in [0.5, 0.6) is 5.75 Å². The second-order valence-electron chi connectivity index (χ2n) is 7.32. The van der Waals surface area contributed by atoms with Crippen LogP contribution in [-0.4, -0.2) is 49.8 Å². The van der Waals surface area contributed by atoms with E-state index >= 15 is 0 Å². The lowest BCUT2D eigenvalue weighted by Crippen LogP contribution is -2.23. The molecule has 0 spiro atoms. The highest BCUT2D eigenvalue weighted by atomic mass is 32.2. The molecule has 166 valence electrons. The number of thiazole rings is 1. The van der Waals surface area contributed by atoms with Crippen LogP contribution in [-0.2, 0) is 10.0 Å². The first kappa shape index (κ1) is 22.0. The van der Waals surface area contributed by atoms with E-state index in [4.69, 9.17) is 4.74 Å². The number of ether oxygens (including phenoxy) is 1. The standard InChI is InChI=1S/C22H22N4O4S2/c1-13-20(15-7-5-6-8-16(15)23-13)17-12-31-22(24-17)25-21(27)14-9-10-18(30-4)19(11-14)32(28,29)26(2)3/h5-12,23H,1-4H3,(H,24,25,27). The molecular formula is C22H22N4O4S2. The molecule has 0 fully saturated rings. The number of anilines is 1. The predicted octanol–water partition coefficient (Wildman–Crippen LogP) is 4.11. The van der Waals surface area contributed by atoms with E-state index in [0.29, 0.717) is 5.13 Å². The van der Waals surface area contributed by atoms with Crippen LogP contribution >= 0.6 is 11.3 Å². The highest BCUT2D eigenvalue weighted by Gasteiger charge is 2.24. The van der Waals surface area contributed by atoms with E-state index < -0.39 is 15.9 Å². The van der Waals surface area contributed by atoms with Crippen molar-refractivity contribution in [1.82, 2.24) is 14.3 Å². The van der Waals surface area contributed by atoms with Gasteiger partial charge in [-0.25, -0.2) is 17.7 Å². The van der Waals surface area contributed by atoms with Crippen LogP contribution in [0.4, 0.5) is 5.13 Å². The number of hydrogen-bond acceptors (Lipinski definition) is 6. The Morgan fingerprint density at radius 2 is 1.94 bits per heavy atom. The van der Waals surface area contributed by atoms with Gasteiger partial charge >= 0.3 is 0 Å². The number of carbonyl (C=O) groups excluding carboxylic acids is 1. The minimum atomic E-state index is -3.79. The Balaban J connectivity index is 1.63. The number of aromatic nitrogens is 2. The number of methoxy groups -OCH3 is 1. The van der Waals surface area contributed by atoms with E-state index in [0.717, 1.165) is 32.2 Å². The first-order chi connectivity index (χ1) is 15.2. The molecule has 2 aromatic heterocycles. The molecule has 0 saturated carbocycles. The van der Waals surface area contributed by atoms with Gasteiger partial charge in [0, 0.05) is 47.2 Å². The van der Waals surface area contributed by atoms with E-state index in [2.05, 4.69) is 15.3 Å². The number of nitrogens with zero attached hydrogens (tertiary/aromatic N) is 2. The summed E-state index contributed by atoms with van der Waals surface area (Å²) < 4.78 is 31.5. The smallest absolute Gasteiger partial charge is 0.257 e. The number of fused-ring (bicyclic) bond motifs is 1. The topological polar surface area (TPSA) is 104 Å². The predicted molar refractivity (Wildman–Crippen MR) is 126 cm³/mol. The van der Waals surface area contributed by atoms with Crippen molar-refractivity contribution in [3.8, 4) is 17.0 Å². The molecule has 2 heterocycles. The minimum Gasteiger partial charge on any atom is -0.495 e. The Labute approximate surface area is 189 Å². The molecule has 0 radical (unpaired) electrons. The van der Waals surface area contributed by atoms with Crippen LogP contribution < -0.4 is 10.1 Å². The molecular weight excluding hydrogens is 448 g/mol. The highest BCUT2D eigenvalue weighted by molar-refractivity contribution is 7.89. The number of amides is 1. The Hall–Kier alpha value is -3.21. The van der Waals surface area contributed by atoms with E-state index in [1.54, 1.807) is 0 Å². The first-order valence-corrected chi connectivity index (χ1v) is 12.0. The summed E-state index contributed by atoms with van der Waals surface area (Å²) >= 11 is 1.30. The Morgan fingerprint density at radius 3 is 2.66 bits per heavy atom. The quantitative estimate of drug-likeness (QED) is 0.441. The average Bonchev–Trinajstić information content (AvgIpc) is 3.35. The monoisotopic (exact) mass is 470 g/mol. The van der Waals surface area contributed by atoms with Gasteiger partial charge in [-0.05, 0) is 31.2 Å². The zero-order valence-corrected chi connectivity index (χ0v) is 19.6. The molecule has 32 heavy (non-hydrogen) atoms. The molecule has 0 unspecified atom stereocenters. The van der Waals surface area contributed by atoms with E-state index in [-0.39, 0.29) is 16.2 Å². The average molecular weight is 471 g/mol. The number of H-pyrrole nitrogens is 1. The van der Waals surface area contributed by atoms with Crippen molar-refractivity contribution in [3.05, 3.63) is 59.1 Å². The Kier molecular flexibility index (Phi) is 5.76.